The Labute approximate surface area is 173 Å². The summed E-state index contributed by atoms with van der Waals surface area (Å²) in [6.45, 7) is 2.84. The van der Waals surface area contributed by atoms with Crippen LogP contribution in [0.4, 0.5) is 11.6 Å². The van der Waals surface area contributed by atoms with Crippen molar-refractivity contribution in [3.05, 3.63) is 47.4 Å². The zero-order valence-corrected chi connectivity index (χ0v) is 16.8. The van der Waals surface area contributed by atoms with Crippen LogP contribution in [-0.2, 0) is 4.79 Å². The molecule has 0 radical (unpaired) electrons. The lowest BCUT2D eigenvalue weighted by atomic mass is 10.3. The van der Waals surface area contributed by atoms with Crippen molar-refractivity contribution in [1.82, 2.24) is 19.9 Å². The number of aromatic nitrogens is 3. The number of amides is 2. The molecule has 0 bridgehead atoms. The minimum atomic E-state index is -0.247. The van der Waals surface area contributed by atoms with Crippen molar-refractivity contribution in [2.24, 2.45) is 0 Å². The molecule has 3 heterocycles. The molecule has 0 aliphatic carbocycles. The molecule has 2 N–H and O–H groups in total. The van der Waals surface area contributed by atoms with E-state index in [1.807, 2.05) is 0 Å². The van der Waals surface area contributed by atoms with E-state index in [0.29, 0.717) is 41.3 Å². The first kappa shape index (κ1) is 20.5. The molecule has 1 unspecified atom stereocenters. The first-order chi connectivity index (χ1) is 14.0. The number of nitrogens with zero attached hydrogens (tertiary/aromatic N) is 4. The maximum Gasteiger partial charge on any atom is 0.272 e. The van der Waals surface area contributed by atoms with E-state index in [0.717, 1.165) is 6.42 Å². The number of anilines is 2. The summed E-state index contributed by atoms with van der Waals surface area (Å²) in [5.74, 6) is 0.268. The minimum Gasteiger partial charge on any atom is -0.480 e. The van der Waals surface area contributed by atoms with E-state index in [1.165, 1.54) is 25.6 Å². The Morgan fingerprint density at radius 3 is 2.83 bits per heavy atom. The lowest BCUT2D eigenvalue weighted by Crippen LogP contribution is -2.32. The number of allylic oxidation sites excluding steroid dienone is 1. The smallest absolute Gasteiger partial charge is 0.272 e. The van der Waals surface area contributed by atoms with Crippen molar-refractivity contribution in [2.45, 2.75) is 19.4 Å². The van der Waals surface area contributed by atoms with Crippen LogP contribution in [0, 0.1) is 0 Å². The molecule has 2 aromatic rings. The molecule has 3 rings (SSSR count). The Morgan fingerprint density at radius 1 is 1.31 bits per heavy atom. The van der Waals surface area contributed by atoms with Gasteiger partial charge in [0.2, 0.25) is 17.7 Å². The van der Waals surface area contributed by atoms with Crippen molar-refractivity contribution in [3.63, 3.8) is 0 Å². The Morgan fingerprint density at radius 2 is 2.14 bits per heavy atom. The first-order valence-electron chi connectivity index (χ1n) is 9.02. The van der Waals surface area contributed by atoms with Gasteiger partial charge in [0.1, 0.15) is 10.7 Å². The predicted molar refractivity (Wildman–Crippen MR) is 109 cm³/mol. The van der Waals surface area contributed by atoms with Gasteiger partial charge in [0, 0.05) is 19.1 Å². The number of rotatable bonds is 6. The van der Waals surface area contributed by atoms with Crippen LogP contribution in [0.5, 0.6) is 5.88 Å². The van der Waals surface area contributed by atoms with Gasteiger partial charge in [-0.25, -0.2) is 9.97 Å². The van der Waals surface area contributed by atoms with Crippen molar-refractivity contribution >= 4 is 35.1 Å². The fourth-order valence-corrected chi connectivity index (χ4v) is 3.07. The van der Waals surface area contributed by atoms with Crippen LogP contribution in [0.1, 0.15) is 23.8 Å². The van der Waals surface area contributed by atoms with Gasteiger partial charge in [0.15, 0.2) is 0 Å². The van der Waals surface area contributed by atoms with Crippen molar-refractivity contribution in [2.75, 3.05) is 30.8 Å². The Bertz CT molecular complexity index is 919. The molecule has 152 valence electrons. The van der Waals surface area contributed by atoms with Gasteiger partial charge in [0.25, 0.3) is 5.91 Å². The van der Waals surface area contributed by atoms with Gasteiger partial charge in [-0.05, 0) is 31.6 Å². The summed E-state index contributed by atoms with van der Waals surface area (Å²) in [5, 5.41) is 6.19. The number of methoxy groups -OCH3 is 1. The van der Waals surface area contributed by atoms with Gasteiger partial charge < -0.3 is 20.3 Å². The molecule has 9 nitrogen and oxygen atoms in total. The zero-order chi connectivity index (χ0) is 20.8. The highest BCUT2D eigenvalue weighted by molar-refractivity contribution is 6.31. The number of hydrogen-bond donors (Lipinski definition) is 2. The topological polar surface area (TPSA) is 109 Å². The quantitative estimate of drug-likeness (QED) is 0.695. The van der Waals surface area contributed by atoms with Crippen molar-refractivity contribution in [3.8, 4) is 5.88 Å². The number of hydrogen-bond acceptors (Lipinski definition) is 7. The number of carbonyl (C=O) groups excluding carboxylic acids is 2. The average molecular weight is 417 g/mol. The summed E-state index contributed by atoms with van der Waals surface area (Å²) >= 11 is 5.94. The average Bonchev–Trinajstić information content (AvgIpc) is 3.18. The molecule has 2 aromatic heterocycles. The second-order valence-corrected chi connectivity index (χ2v) is 6.76. The number of ether oxygens (including phenoxy) is 1. The second kappa shape index (κ2) is 9.33. The van der Waals surface area contributed by atoms with Crippen LogP contribution in [0.2, 0.25) is 5.02 Å². The molecular weight excluding hydrogens is 396 g/mol. The molecule has 0 saturated carbocycles. The fourth-order valence-electron chi connectivity index (χ4n) is 2.90. The normalized spacial score (nSPS) is 16.1. The summed E-state index contributed by atoms with van der Waals surface area (Å²) < 4.78 is 5.09. The molecule has 0 spiro atoms. The molecule has 1 aliphatic heterocycles. The highest BCUT2D eigenvalue weighted by Gasteiger charge is 2.28. The van der Waals surface area contributed by atoms with Crippen LogP contribution in [0.25, 0.3) is 0 Å². The molecule has 1 fully saturated rings. The maximum atomic E-state index is 12.7. The third kappa shape index (κ3) is 5.20. The van der Waals surface area contributed by atoms with Crippen LogP contribution < -0.4 is 15.4 Å². The van der Waals surface area contributed by atoms with Gasteiger partial charge in [-0.15, -0.1) is 0 Å². The summed E-state index contributed by atoms with van der Waals surface area (Å²) in [5.41, 5.74) is 0.846. The standard InChI is InChI=1S/C19H21ClN6O3/c1-3-4-16(27)23-12-5-6-15(21-9-12)18(28)26-8-7-13(11-26)24-19-22-10-14(20)17(25-19)29-2/h3-6,9-10,13H,7-8,11H2,1-2H3,(H,23,27)(H,22,24,25)/b4-3+. The Balaban J connectivity index is 1.58. The zero-order valence-electron chi connectivity index (χ0n) is 16.1. The number of carbonyl (C=O) groups is 2. The second-order valence-electron chi connectivity index (χ2n) is 6.35. The molecule has 1 saturated heterocycles. The molecular formula is C19H21ClN6O3. The molecule has 1 aliphatic rings. The lowest BCUT2D eigenvalue weighted by molar-refractivity contribution is -0.111. The van der Waals surface area contributed by atoms with E-state index >= 15 is 0 Å². The summed E-state index contributed by atoms with van der Waals surface area (Å²) in [7, 11) is 1.48. The third-order valence-corrected chi connectivity index (χ3v) is 4.54. The summed E-state index contributed by atoms with van der Waals surface area (Å²) in [6.07, 6.45) is 6.74. The summed E-state index contributed by atoms with van der Waals surface area (Å²) in [6, 6.07) is 3.26. The minimum absolute atomic E-state index is 0.00391. The van der Waals surface area contributed by atoms with Crippen LogP contribution in [-0.4, -0.2) is 57.9 Å². The van der Waals surface area contributed by atoms with Gasteiger partial charge in [0.05, 0.1) is 25.2 Å². The van der Waals surface area contributed by atoms with E-state index in [-0.39, 0.29) is 17.9 Å². The van der Waals surface area contributed by atoms with Gasteiger partial charge >= 0.3 is 0 Å². The summed E-state index contributed by atoms with van der Waals surface area (Å²) in [4.78, 5) is 38.5. The highest BCUT2D eigenvalue weighted by Crippen LogP contribution is 2.22. The molecule has 29 heavy (non-hydrogen) atoms. The van der Waals surface area contributed by atoms with Gasteiger partial charge in [-0.1, -0.05) is 17.7 Å². The molecule has 1 atom stereocenters. The maximum absolute atomic E-state index is 12.7. The van der Waals surface area contributed by atoms with E-state index in [4.69, 9.17) is 16.3 Å². The van der Waals surface area contributed by atoms with Crippen LogP contribution in [0.15, 0.2) is 36.7 Å². The van der Waals surface area contributed by atoms with E-state index in [2.05, 4.69) is 25.6 Å². The van der Waals surface area contributed by atoms with E-state index in [1.54, 1.807) is 30.0 Å². The van der Waals surface area contributed by atoms with Crippen LogP contribution >= 0.6 is 11.6 Å². The van der Waals surface area contributed by atoms with Gasteiger partial charge in [-0.3, -0.25) is 9.59 Å². The van der Waals surface area contributed by atoms with E-state index < -0.39 is 0 Å². The number of pyridine rings is 1. The molecule has 0 aromatic carbocycles. The molecule has 10 heteroatoms. The van der Waals surface area contributed by atoms with E-state index in [9.17, 15) is 9.59 Å². The first-order valence-corrected chi connectivity index (χ1v) is 9.40. The lowest BCUT2D eigenvalue weighted by Gasteiger charge is -2.17. The Hall–Kier alpha value is -3.20. The number of halogens is 1. The number of likely N-dealkylation sites (tertiary alicyclic amines) is 1. The van der Waals surface area contributed by atoms with Crippen LogP contribution in [0.3, 0.4) is 0 Å². The van der Waals surface area contributed by atoms with Crippen molar-refractivity contribution < 1.29 is 14.3 Å². The Kier molecular flexibility index (Phi) is 6.61. The number of nitrogens with one attached hydrogen (secondary N) is 2. The fraction of sp³-hybridized carbons (Fsp3) is 0.316. The monoisotopic (exact) mass is 416 g/mol. The molecule has 2 amide bonds. The van der Waals surface area contributed by atoms with Crippen molar-refractivity contribution in [1.29, 1.82) is 0 Å². The SMILES string of the molecule is C/C=C/C(=O)Nc1ccc(C(=O)N2CCC(Nc3ncc(Cl)c(OC)n3)C2)nc1. The predicted octanol–water partition coefficient (Wildman–Crippen LogP) is 2.37. The highest BCUT2D eigenvalue weighted by atomic mass is 35.5. The van der Waals surface area contributed by atoms with Gasteiger partial charge in [-0.2, -0.15) is 4.98 Å². The largest absolute Gasteiger partial charge is 0.480 e. The third-order valence-electron chi connectivity index (χ3n) is 4.28.